The van der Waals surface area contributed by atoms with E-state index in [0.29, 0.717) is 11.8 Å². The second kappa shape index (κ2) is 21.0. The minimum absolute atomic E-state index is 0.641. The summed E-state index contributed by atoms with van der Waals surface area (Å²) in [5.74, 6) is 1.32. The largest absolute Gasteiger partial charge is 0.309 e. The summed E-state index contributed by atoms with van der Waals surface area (Å²) in [6.07, 6.45) is 0. The van der Waals surface area contributed by atoms with E-state index in [2.05, 4.69) is 333 Å². The van der Waals surface area contributed by atoms with Crippen LogP contribution in [0.15, 0.2) is 315 Å². The van der Waals surface area contributed by atoms with E-state index in [9.17, 15) is 0 Å². The van der Waals surface area contributed by atoms with Crippen molar-refractivity contribution in [2.75, 3.05) is 0 Å². The van der Waals surface area contributed by atoms with Gasteiger partial charge in [-0.1, -0.05) is 212 Å². The smallest absolute Gasteiger partial charge is 0.235 e. The standard InChI is InChI=1S/C98H52N8S2/c1-3-22-63-54(18-1)42-46-79-83(63)85-91-71(51-72-66-25-6-12-31-76(66)104(79)92(72)85)65-24-5-11-30-75(65)103(91)62-44-40-56(41-45-62)97-99-87(95-89(100-97)69-28-9-15-34-81(69)107-95)59-21-17-20-57(48-59)58-38-36-53-37-39-60(50-61(53)49-58)88-96-90(70-29-10-16-35-82(70)108-96)102-98(101-88)106-78-33-14-8-27-68(78)74-52-73-67-26-7-13-32-77(67)105-80-47-43-55-19-2-4-23-64(55)84(80)86(93(73)105)94(74)106/h1-52H. The predicted molar refractivity (Wildman–Crippen MR) is 456 cm³/mol. The highest BCUT2D eigenvalue weighted by atomic mass is 32.1. The molecule has 0 bridgehead atoms. The third-order valence-electron chi connectivity index (χ3n) is 23.6. The van der Waals surface area contributed by atoms with Crippen LogP contribution in [0.1, 0.15) is 0 Å². The average molecular weight is 1410 g/mol. The molecule has 0 aliphatic carbocycles. The highest BCUT2D eigenvalue weighted by molar-refractivity contribution is 7.26. The van der Waals surface area contributed by atoms with Crippen molar-refractivity contribution in [3.63, 3.8) is 0 Å². The van der Waals surface area contributed by atoms with Gasteiger partial charge in [-0.05, 0) is 147 Å². The van der Waals surface area contributed by atoms with Crippen LogP contribution < -0.4 is 0 Å². The van der Waals surface area contributed by atoms with Crippen LogP contribution in [0.4, 0.5) is 0 Å². The molecule has 10 heteroatoms. The first-order valence-electron chi connectivity index (χ1n) is 36.8. The lowest BCUT2D eigenvalue weighted by atomic mass is 9.97. The molecule has 496 valence electrons. The van der Waals surface area contributed by atoms with E-state index < -0.39 is 0 Å². The Bertz CT molecular complexity index is 8520. The summed E-state index contributed by atoms with van der Waals surface area (Å²) in [6.45, 7) is 0. The summed E-state index contributed by atoms with van der Waals surface area (Å²) < 4.78 is 14.4. The quantitative estimate of drug-likeness (QED) is 0.166. The Morgan fingerprint density at radius 2 is 0.657 bits per heavy atom. The molecule has 0 radical (unpaired) electrons. The molecule has 0 saturated carbocycles. The van der Waals surface area contributed by atoms with Crippen molar-refractivity contribution in [1.82, 2.24) is 37.9 Å². The summed E-state index contributed by atoms with van der Waals surface area (Å²) >= 11 is 3.53. The van der Waals surface area contributed by atoms with Gasteiger partial charge in [0.25, 0.3) is 0 Å². The molecule has 0 aliphatic heterocycles. The molecular weight excluding hydrogens is 1350 g/mol. The van der Waals surface area contributed by atoms with Crippen LogP contribution in [0.25, 0.3) is 249 Å². The van der Waals surface area contributed by atoms with Crippen molar-refractivity contribution in [2.45, 2.75) is 0 Å². The summed E-state index contributed by atoms with van der Waals surface area (Å²) in [6, 6.07) is 116. The van der Waals surface area contributed by atoms with Crippen LogP contribution in [0.5, 0.6) is 0 Å². The third-order valence-corrected chi connectivity index (χ3v) is 25.9. The van der Waals surface area contributed by atoms with Crippen molar-refractivity contribution >= 4 is 215 Å². The van der Waals surface area contributed by atoms with Gasteiger partial charge < -0.3 is 13.4 Å². The zero-order chi connectivity index (χ0) is 69.9. The number of aromatic nitrogens is 8. The van der Waals surface area contributed by atoms with E-state index in [1.54, 1.807) is 22.7 Å². The van der Waals surface area contributed by atoms with Crippen LogP contribution in [0, 0.1) is 0 Å². The minimum Gasteiger partial charge on any atom is -0.309 e. The van der Waals surface area contributed by atoms with Gasteiger partial charge in [-0.25, -0.2) is 19.9 Å². The average Bonchev–Trinajstić information content (AvgIpc) is 1.51. The van der Waals surface area contributed by atoms with Crippen LogP contribution in [-0.2, 0) is 0 Å². The monoisotopic (exact) mass is 1400 g/mol. The fourth-order valence-electron chi connectivity index (χ4n) is 19.0. The van der Waals surface area contributed by atoms with Gasteiger partial charge in [-0.3, -0.25) is 4.57 Å². The molecule has 16 aromatic carbocycles. The van der Waals surface area contributed by atoms with Gasteiger partial charge >= 0.3 is 0 Å². The SMILES string of the molecule is c1cc(-c2ccc3ccc(-c4nc(-n5c6ccccc6c6cc7c8ccccc8n8c9ccc%10ccccc%10c9c(c65)c78)nc5c4sc4ccccc45)cc3c2)cc(-c2nc(-c3ccc(-n4c5ccccc5c5cc6c7ccccc7n7c8ccc9ccccc9c8c(c54)c67)cc3)nc3c2sc2ccccc23)c1. The molecule has 10 heterocycles. The predicted octanol–water partition coefficient (Wildman–Crippen LogP) is 26.6. The zero-order valence-electron chi connectivity index (χ0n) is 57.4. The molecule has 26 rings (SSSR count). The minimum atomic E-state index is 0.641. The summed E-state index contributed by atoms with van der Waals surface area (Å²) in [7, 11) is 0. The van der Waals surface area contributed by atoms with Crippen molar-refractivity contribution in [3.8, 4) is 56.7 Å². The number of hydrogen-bond donors (Lipinski definition) is 0. The molecule has 26 aromatic rings. The molecule has 0 spiro atoms. The molecular formula is C98H52N8S2. The van der Waals surface area contributed by atoms with Gasteiger partial charge in [0.15, 0.2) is 5.82 Å². The summed E-state index contributed by atoms with van der Waals surface area (Å²) in [5, 5.41) is 24.3. The Balaban J connectivity index is 0.624. The first-order chi connectivity index (χ1) is 53.6. The molecule has 108 heavy (non-hydrogen) atoms. The first-order valence-corrected chi connectivity index (χ1v) is 38.4. The van der Waals surface area contributed by atoms with Gasteiger partial charge in [0.05, 0.1) is 87.0 Å². The van der Waals surface area contributed by atoms with Crippen molar-refractivity contribution in [1.29, 1.82) is 0 Å². The number of thiophene rings is 2. The van der Waals surface area contributed by atoms with Gasteiger partial charge in [-0.2, -0.15) is 0 Å². The maximum atomic E-state index is 5.86. The molecule has 0 atom stereocenters. The maximum Gasteiger partial charge on any atom is 0.235 e. The molecule has 0 fully saturated rings. The molecule has 0 aliphatic rings. The topological polar surface area (TPSA) is 70.2 Å². The summed E-state index contributed by atoms with van der Waals surface area (Å²) in [5.41, 5.74) is 21.8. The highest BCUT2D eigenvalue weighted by Gasteiger charge is 2.30. The molecule has 8 nitrogen and oxygen atoms in total. The highest BCUT2D eigenvalue weighted by Crippen LogP contribution is 2.52. The lowest BCUT2D eigenvalue weighted by molar-refractivity contribution is 1.02. The molecule has 0 amide bonds. The number of rotatable bonds is 6. The number of hydrogen-bond acceptors (Lipinski definition) is 6. The summed E-state index contributed by atoms with van der Waals surface area (Å²) in [4.78, 5) is 22.7. The zero-order valence-corrected chi connectivity index (χ0v) is 59.0. The second-order valence-electron chi connectivity index (χ2n) is 29.1. The Morgan fingerprint density at radius 3 is 1.26 bits per heavy atom. The maximum absolute atomic E-state index is 5.86. The molecule has 10 aromatic heterocycles. The fourth-order valence-corrected chi connectivity index (χ4v) is 21.3. The van der Waals surface area contributed by atoms with E-state index in [4.69, 9.17) is 19.9 Å². The van der Waals surface area contributed by atoms with Crippen molar-refractivity contribution in [3.05, 3.63) is 315 Å². The van der Waals surface area contributed by atoms with Gasteiger partial charge in [0.1, 0.15) is 0 Å². The van der Waals surface area contributed by atoms with Gasteiger partial charge in [-0.15, -0.1) is 22.7 Å². The fraction of sp³-hybridized carbons (Fsp3) is 0. The Labute approximate surface area is 621 Å². The van der Waals surface area contributed by atoms with E-state index in [1.807, 2.05) is 0 Å². The first kappa shape index (κ1) is 57.5. The van der Waals surface area contributed by atoms with Crippen LogP contribution in [0.3, 0.4) is 0 Å². The van der Waals surface area contributed by atoms with E-state index in [1.165, 1.54) is 129 Å². The number of para-hydroxylation sites is 4. The van der Waals surface area contributed by atoms with E-state index in [0.717, 1.165) is 109 Å². The second-order valence-corrected chi connectivity index (χ2v) is 31.2. The van der Waals surface area contributed by atoms with Gasteiger partial charge in [0.2, 0.25) is 5.95 Å². The third kappa shape index (κ3) is 7.55. The lowest BCUT2D eigenvalue weighted by Gasteiger charge is -2.12. The number of fused-ring (bicyclic) bond motifs is 31. The Kier molecular flexibility index (Phi) is 11.2. The van der Waals surface area contributed by atoms with Crippen LogP contribution in [0.2, 0.25) is 0 Å². The van der Waals surface area contributed by atoms with E-state index >= 15 is 0 Å². The van der Waals surface area contributed by atoms with Crippen LogP contribution >= 0.6 is 22.7 Å². The molecule has 0 unspecified atom stereocenters. The lowest BCUT2D eigenvalue weighted by Crippen LogP contribution is -2.03. The number of nitrogens with zero attached hydrogens (tertiary/aromatic N) is 8. The molecule has 0 N–H and O–H groups in total. The van der Waals surface area contributed by atoms with Gasteiger partial charge in [0, 0.05) is 107 Å². The normalized spacial score (nSPS) is 12.6. The van der Waals surface area contributed by atoms with E-state index in [-0.39, 0.29) is 0 Å². The number of benzene rings is 16. The van der Waals surface area contributed by atoms with Crippen LogP contribution in [-0.4, -0.2) is 37.9 Å². The Morgan fingerprint density at radius 1 is 0.231 bits per heavy atom. The Hall–Kier alpha value is -13.9. The van der Waals surface area contributed by atoms with Crippen molar-refractivity contribution < 1.29 is 0 Å². The molecule has 0 saturated heterocycles. The van der Waals surface area contributed by atoms with Crippen molar-refractivity contribution in [2.24, 2.45) is 0 Å².